The van der Waals surface area contributed by atoms with Gasteiger partial charge in [-0.25, -0.2) is 9.98 Å². The van der Waals surface area contributed by atoms with Crippen LogP contribution in [0.1, 0.15) is 51.2 Å². The summed E-state index contributed by atoms with van der Waals surface area (Å²) in [5.41, 5.74) is 3.23. The minimum Gasteiger partial charge on any atom is -0.294 e. The average Bonchev–Trinajstić information content (AvgIpc) is 2.72. The number of nitrogens with zero attached hydrogens (tertiary/aromatic N) is 3. The molecule has 1 unspecified atom stereocenters. The zero-order chi connectivity index (χ0) is 20.5. The Morgan fingerprint density at radius 2 is 2.00 bits per heavy atom. The third-order valence-electron chi connectivity index (χ3n) is 4.69. The molecular weight excluding hydrogens is 393 g/mol. The maximum atomic E-state index is 12.9. The Bertz CT molecular complexity index is 846. The van der Waals surface area contributed by atoms with Crippen molar-refractivity contribution in [1.82, 2.24) is 9.97 Å². The van der Waals surface area contributed by atoms with Crippen LogP contribution in [0.3, 0.4) is 0 Å². The number of halogens is 2. The minimum atomic E-state index is -0.0668. The molecule has 148 valence electrons. The second-order valence-electron chi connectivity index (χ2n) is 6.71. The van der Waals surface area contributed by atoms with Crippen LogP contribution in [-0.4, -0.2) is 21.5 Å². The SMILES string of the molecule is CCC(CCCc1ccc(Cl)nc1)C(=O)C(C)=C(Cl)N=C(C)c1cccnc1. The van der Waals surface area contributed by atoms with E-state index >= 15 is 0 Å². The van der Waals surface area contributed by atoms with Crippen LogP contribution >= 0.6 is 23.2 Å². The van der Waals surface area contributed by atoms with Crippen molar-refractivity contribution in [3.63, 3.8) is 0 Å². The van der Waals surface area contributed by atoms with Crippen molar-refractivity contribution in [2.24, 2.45) is 10.9 Å². The zero-order valence-corrected chi connectivity index (χ0v) is 18.0. The van der Waals surface area contributed by atoms with Crippen LogP contribution in [0, 0.1) is 5.92 Å². The van der Waals surface area contributed by atoms with Gasteiger partial charge in [0.15, 0.2) is 5.78 Å². The maximum absolute atomic E-state index is 12.9. The molecule has 4 nitrogen and oxygen atoms in total. The van der Waals surface area contributed by atoms with Gasteiger partial charge in [0.1, 0.15) is 10.3 Å². The molecule has 0 aliphatic carbocycles. The van der Waals surface area contributed by atoms with Gasteiger partial charge in [0.05, 0.1) is 0 Å². The molecule has 2 heterocycles. The van der Waals surface area contributed by atoms with Crippen LogP contribution in [0.15, 0.2) is 58.6 Å². The van der Waals surface area contributed by atoms with E-state index in [1.807, 2.05) is 32.0 Å². The Hall–Kier alpha value is -2.04. The Morgan fingerprint density at radius 3 is 2.61 bits per heavy atom. The van der Waals surface area contributed by atoms with Crippen LogP contribution in [0.5, 0.6) is 0 Å². The highest BCUT2D eigenvalue weighted by molar-refractivity contribution is 6.32. The molecule has 6 heteroatoms. The van der Waals surface area contributed by atoms with Gasteiger partial charge in [0, 0.05) is 41.4 Å². The molecule has 0 spiro atoms. The molecule has 0 saturated carbocycles. The monoisotopic (exact) mass is 417 g/mol. The quantitative estimate of drug-likeness (QED) is 0.216. The van der Waals surface area contributed by atoms with E-state index in [1.165, 1.54) is 0 Å². The molecule has 0 saturated heterocycles. The van der Waals surface area contributed by atoms with Gasteiger partial charge in [-0.05, 0) is 57.2 Å². The number of Topliss-reactive ketones (excluding diaryl/α,β-unsaturated/α-hetero) is 1. The maximum Gasteiger partial charge on any atom is 0.164 e. The zero-order valence-electron chi connectivity index (χ0n) is 16.5. The lowest BCUT2D eigenvalue weighted by molar-refractivity contribution is -0.119. The number of allylic oxidation sites excluding steroid dienone is 1. The molecule has 0 radical (unpaired) electrons. The summed E-state index contributed by atoms with van der Waals surface area (Å²) in [6.07, 6.45) is 8.53. The third kappa shape index (κ3) is 6.54. The highest BCUT2D eigenvalue weighted by atomic mass is 35.5. The number of rotatable bonds is 9. The number of aliphatic imine (C=N–C) groups is 1. The summed E-state index contributed by atoms with van der Waals surface area (Å²) in [4.78, 5) is 25.4. The predicted octanol–water partition coefficient (Wildman–Crippen LogP) is 6.03. The van der Waals surface area contributed by atoms with E-state index in [0.29, 0.717) is 10.7 Å². The lowest BCUT2D eigenvalue weighted by atomic mass is 9.90. The topological polar surface area (TPSA) is 55.2 Å². The fourth-order valence-electron chi connectivity index (χ4n) is 2.91. The summed E-state index contributed by atoms with van der Waals surface area (Å²) in [5, 5.41) is 0.731. The van der Waals surface area contributed by atoms with Crippen LogP contribution in [0.25, 0.3) is 0 Å². The van der Waals surface area contributed by atoms with E-state index in [4.69, 9.17) is 23.2 Å². The van der Waals surface area contributed by atoms with Crippen molar-refractivity contribution in [2.75, 3.05) is 0 Å². The first-order valence-corrected chi connectivity index (χ1v) is 10.1. The molecule has 0 bridgehead atoms. The molecule has 0 amide bonds. The van der Waals surface area contributed by atoms with Crippen molar-refractivity contribution in [2.45, 2.75) is 46.5 Å². The minimum absolute atomic E-state index is 0.0597. The number of carbonyl (C=O) groups excluding carboxylic acids is 1. The number of pyridine rings is 2. The average molecular weight is 418 g/mol. The van der Waals surface area contributed by atoms with Crippen LogP contribution in [-0.2, 0) is 11.2 Å². The van der Waals surface area contributed by atoms with Crippen molar-refractivity contribution in [3.05, 3.63) is 69.9 Å². The predicted molar refractivity (Wildman–Crippen MR) is 116 cm³/mol. The summed E-state index contributed by atoms with van der Waals surface area (Å²) in [6.45, 7) is 5.63. The first-order valence-electron chi connectivity index (χ1n) is 9.39. The van der Waals surface area contributed by atoms with E-state index in [9.17, 15) is 4.79 Å². The van der Waals surface area contributed by atoms with E-state index in [0.717, 1.165) is 42.5 Å². The van der Waals surface area contributed by atoms with Crippen molar-refractivity contribution in [1.29, 1.82) is 0 Å². The van der Waals surface area contributed by atoms with E-state index in [-0.39, 0.29) is 16.9 Å². The smallest absolute Gasteiger partial charge is 0.164 e. The molecule has 0 aromatic carbocycles. The number of hydrogen-bond acceptors (Lipinski definition) is 4. The Morgan fingerprint density at radius 1 is 1.21 bits per heavy atom. The van der Waals surface area contributed by atoms with Crippen molar-refractivity contribution < 1.29 is 4.79 Å². The number of ketones is 1. The van der Waals surface area contributed by atoms with E-state index in [2.05, 4.69) is 15.0 Å². The van der Waals surface area contributed by atoms with E-state index < -0.39 is 0 Å². The van der Waals surface area contributed by atoms with Crippen LogP contribution < -0.4 is 0 Å². The largest absolute Gasteiger partial charge is 0.294 e. The van der Waals surface area contributed by atoms with Gasteiger partial charge < -0.3 is 0 Å². The molecule has 2 rings (SSSR count). The standard InChI is InChI=1S/C22H25Cl2N3O/c1-4-18(8-5-7-17-10-11-20(23)26-13-17)21(28)15(2)22(24)27-16(3)19-9-6-12-25-14-19/h6,9-14,18H,4-5,7-8H2,1-3H3. The molecule has 1 atom stereocenters. The van der Waals surface area contributed by atoms with E-state index in [1.54, 1.807) is 31.6 Å². The summed E-state index contributed by atoms with van der Waals surface area (Å²) >= 11 is 12.2. The number of aromatic nitrogens is 2. The Kier molecular flexibility index (Phi) is 8.81. The van der Waals surface area contributed by atoms with Gasteiger partial charge in [0.2, 0.25) is 0 Å². The van der Waals surface area contributed by atoms with Crippen molar-refractivity contribution in [3.8, 4) is 0 Å². The van der Waals surface area contributed by atoms with Gasteiger partial charge in [-0.1, -0.05) is 42.3 Å². The molecule has 0 fully saturated rings. The summed E-state index contributed by atoms with van der Waals surface area (Å²) in [6, 6.07) is 7.51. The third-order valence-corrected chi connectivity index (χ3v) is 5.29. The summed E-state index contributed by atoms with van der Waals surface area (Å²) in [7, 11) is 0. The van der Waals surface area contributed by atoms with Gasteiger partial charge >= 0.3 is 0 Å². The second-order valence-corrected chi connectivity index (χ2v) is 7.45. The Labute approximate surface area is 176 Å². The highest BCUT2D eigenvalue weighted by Gasteiger charge is 2.20. The lowest BCUT2D eigenvalue weighted by Gasteiger charge is -2.14. The number of hydrogen-bond donors (Lipinski definition) is 0. The molecule has 2 aromatic rings. The van der Waals surface area contributed by atoms with Gasteiger partial charge in [0.25, 0.3) is 0 Å². The van der Waals surface area contributed by atoms with Crippen molar-refractivity contribution >= 4 is 34.7 Å². The first-order chi connectivity index (χ1) is 13.4. The molecule has 2 aromatic heterocycles. The highest BCUT2D eigenvalue weighted by Crippen LogP contribution is 2.23. The molecule has 0 aliphatic rings. The first kappa shape index (κ1) is 22.3. The normalized spacial score (nSPS) is 13.8. The van der Waals surface area contributed by atoms with Crippen LogP contribution in [0.2, 0.25) is 5.15 Å². The molecular formula is C22H25Cl2N3O. The fourth-order valence-corrected chi connectivity index (χ4v) is 3.24. The van der Waals surface area contributed by atoms with Gasteiger partial charge in [-0.3, -0.25) is 9.78 Å². The molecule has 0 aliphatic heterocycles. The molecule has 28 heavy (non-hydrogen) atoms. The van der Waals surface area contributed by atoms with Gasteiger partial charge in [-0.2, -0.15) is 0 Å². The number of aryl methyl sites for hydroxylation is 1. The van der Waals surface area contributed by atoms with Crippen LogP contribution in [0.4, 0.5) is 0 Å². The second kappa shape index (κ2) is 11.1. The van der Waals surface area contributed by atoms with Gasteiger partial charge in [-0.15, -0.1) is 0 Å². The lowest BCUT2D eigenvalue weighted by Crippen LogP contribution is -2.16. The Balaban J connectivity index is 2.01. The summed E-state index contributed by atoms with van der Waals surface area (Å²) < 4.78 is 0. The fraction of sp³-hybridized carbons (Fsp3) is 0.364. The molecule has 0 N–H and O–H groups in total. The number of carbonyl (C=O) groups is 1. The summed E-state index contributed by atoms with van der Waals surface area (Å²) in [5.74, 6) is -0.00706.